The van der Waals surface area contributed by atoms with E-state index in [2.05, 4.69) is 15.0 Å². The van der Waals surface area contributed by atoms with Crippen molar-refractivity contribution < 1.29 is 9.53 Å². The third-order valence-corrected chi connectivity index (χ3v) is 2.43. The molecule has 5 nitrogen and oxygen atoms in total. The minimum absolute atomic E-state index is 0.167. The van der Waals surface area contributed by atoms with Gasteiger partial charge in [0, 0.05) is 24.2 Å². The lowest BCUT2D eigenvalue weighted by atomic mass is 10.2. The molecule has 0 amide bonds. The topological polar surface area (TPSA) is 65.0 Å². The van der Waals surface area contributed by atoms with Crippen LogP contribution in [0.3, 0.4) is 0 Å². The molecule has 0 aliphatic rings. The number of hydrogen-bond acceptors (Lipinski definition) is 5. The third kappa shape index (κ3) is 3.34. The fourth-order valence-corrected chi connectivity index (χ4v) is 1.48. The van der Waals surface area contributed by atoms with Crippen molar-refractivity contribution in [3.63, 3.8) is 0 Å². The molecule has 0 bridgehead atoms. The molecule has 2 heterocycles. The molecule has 0 aliphatic carbocycles. The quantitative estimate of drug-likeness (QED) is 0.768. The first-order chi connectivity index (χ1) is 9.20. The highest BCUT2D eigenvalue weighted by Gasteiger charge is 2.13. The summed E-state index contributed by atoms with van der Waals surface area (Å²) in [5.74, 6) is 0.495. The van der Waals surface area contributed by atoms with Gasteiger partial charge in [-0.2, -0.15) is 0 Å². The maximum atomic E-state index is 12.2. The van der Waals surface area contributed by atoms with Crippen molar-refractivity contribution >= 4 is 5.78 Å². The fraction of sp³-hybridized carbons (Fsp3) is 0.286. The Hall–Kier alpha value is -2.30. The summed E-state index contributed by atoms with van der Waals surface area (Å²) in [6.07, 6.45) is 7.21. The lowest BCUT2D eigenvalue weighted by molar-refractivity contribution is 0.102. The molecule has 0 saturated carbocycles. The van der Waals surface area contributed by atoms with Gasteiger partial charge < -0.3 is 4.74 Å². The van der Waals surface area contributed by atoms with Crippen molar-refractivity contribution in [1.82, 2.24) is 15.0 Å². The van der Waals surface area contributed by atoms with E-state index in [-0.39, 0.29) is 11.6 Å². The minimum atomic E-state index is -0.255. The first-order valence-corrected chi connectivity index (χ1v) is 6.12. The Balaban J connectivity index is 2.21. The van der Waals surface area contributed by atoms with Crippen LogP contribution in [0.15, 0.2) is 30.9 Å². The summed E-state index contributed by atoms with van der Waals surface area (Å²) in [7, 11) is 0. The van der Waals surface area contributed by atoms with E-state index >= 15 is 0 Å². The number of aryl methyl sites for hydroxylation is 1. The molecule has 2 aromatic heterocycles. The summed E-state index contributed by atoms with van der Waals surface area (Å²) in [6.45, 7) is 4.48. The first-order valence-electron chi connectivity index (χ1n) is 6.12. The summed E-state index contributed by atoms with van der Waals surface area (Å²) in [5, 5.41) is 0. The number of pyridine rings is 1. The molecule has 0 radical (unpaired) electrons. The molecule has 5 heteroatoms. The van der Waals surface area contributed by atoms with E-state index in [9.17, 15) is 4.79 Å². The van der Waals surface area contributed by atoms with Crippen LogP contribution in [0.5, 0.6) is 5.75 Å². The monoisotopic (exact) mass is 257 g/mol. The zero-order valence-corrected chi connectivity index (χ0v) is 11.0. The maximum absolute atomic E-state index is 12.2. The van der Waals surface area contributed by atoms with Crippen LogP contribution in [-0.4, -0.2) is 27.3 Å². The molecule has 2 aromatic rings. The van der Waals surface area contributed by atoms with E-state index in [4.69, 9.17) is 4.74 Å². The third-order valence-electron chi connectivity index (χ3n) is 2.43. The molecule has 0 spiro atoms. The van der Waals surface area contributed by atoms with Crippen LogP contribution in [0.2, 0.25) is 0 Å². The fourth-order valence-electron chi connectivity index (χ4n) is 1.48. The zero-order chi connectivity index (χ0) is 13.7. The van der Waals surface area contributed by atoms with Crippen molar-refractivity contribution in [3.8, 4) is 5.75 Å². The molecule has 19 heavy (non-hydrogen) atoms. The second kappa shape index (κ2) is 6.04. The molecule has 0 atom stereocenters. The molecule has 0 aromatic carbocycles. The number of ketones is 1. The lowest BCUT2D eigenvalue weighted by Gasteiger charge is -2.05. The number of carbonyl (C=O) groups excluding carboxylic acids is 1. The Bertz CT molecular complexity index is 567. The Morgan fingerprint density at radius 1 is 1.21 bits per heavy atom. The van der Waals surface area contributed by atoms with Crippen LogP contribution in [0, 0.1) is 6.92 Å². The van der Waals surface area contributed by atoms with Crippen LogP contribution in [0.1, 0.15) is 35.1 Å². The molecular formula is C14H15N3O2. The molecule has 0 aliphatic heterocycles. The van der Waals surface area contributed by atoms with E-state index < -0.39 is 0 Å². The highest BCUT2D eigenvalue weighted by molar-refractivity contribution is 6.06. The van der Waals surface area contributed by atoms with Crippen molar-refractivity contribution in [3.05, 3.63) is 47.8 Å². The largest absolute Gasteiger partial charge is 0.492 e. The number of ether oxygens (including phenoxy) is 1. The lowest BCUT2D eigenvalue weighted by Crippen LogP contribution is -2.08. The molecule has 0 saturated heterocycles. The normalized spacial score (nSPS) is 10.2. The van der Waals surface area contributed by atoms with Gasteiger partial charge in [0.2, 0.25) is 11.6 Å². The average Bonchev–Trinajstić information content (AvgIpc) is 2.45. The van der Waals surface area contributed by atoms with Crippen molar-refractivity contribution in [2.45, 2.75) is 20.3 Å². The molecule has 98 valence electrons. The second-order valence-corrected chi connectivity index (χ2v) is 4.17. The standard InChI is InChI=1S/C14H15N3O2/c1-3-4-19-12-5-11(8-15-9-12)13(18)14-16-6-10(2)7-17-14/h5-9H,3-4H2,1-2H3. The van der Waals surface area contributed by atoms with Crippen LogP contribution in [0.25, 0.3) is 0 Å². The van der Waals surface area contributed by atoms with Gasteiger partial charge in [0.05, 0.1) is 12.8 Å². The van der Waals surface area contributed by atoms with Gasteiger partial charge in [0.25, 0.3) is 0 Å². The number of hydrogen-bond donors (Lipinski definition) is 0. The SMILES string of the molecule is CCCOc1cncc(C(=O)c2ncc(C)cn2)c1. The summed E-state index contributed by atoms with van der Waals surface area (Å²) in [5.41, 5.74) is 1.34. The first kappa shape index (κ1) is 13.1. The van der Waals surface area contributed by atoms with E-state index in [0.29, 0.717) is 17.9 Å². The van der Waals surface area contributed by atoms with Gasteiger partial charge in [-0.1, -0.05) is 6.92 Å². The van der Waals surface area contributed by atoms with Gasteiger partial charge in [0.15, 0.2) is 0 Å². The smallest absolute Gasteiger partial charge is 0.231 e. The second-order valence-electron chi connectivity index (χ2n) is 4.17. The summed E-state index contributed by atoms with van der Waals surface area (Å²) < 4.78 is 5.45. The van der Waals surface area contributed by atoms with Gasteiger partial charge in [-0.05, 0) is 25.0 Å². The molecule has 0 fully saturated rings. The molecular weight excluding hydrogens is 242 g/mol. The van der Waals surface area contributed by atoms with E-state index in [1.165, 1.54) is 6.20 Å². The maximum Gasteiger partial charge on any atom is 0.231 e. The molecule has 0 N–H and O–H groups in total. The number of aromatic nitrogens is 3. The summed E-state index contributed by atoms with van der Waals surface area (Å²) in [4.78, 5) is 24.2. The minimum Gasteiger partial charge on any atom is -0.492 e. The molecule has 2 rings (SSSR count). The Morgan fingerprint density at radius 3 is 2.63 bits per heavy atom. The Labute approximate surface area is 111 Å². The van der Waals surface area contributed by atoms with Crippen LogP contribution in [0.4, 0.5) is 0 Å². The van der Waals surface area contributed by atoms with Crippen LogP contribution < -0.4 is 4.74 Å². The van der Waals surface area contributed by atoms with Crippen LogP contribution >= 0.6 is 0 Å². The van der Waals surface area contributed by atoms with Gasteiger partial charge >= 0.3 is 0 Å². The van der Waals surface area contributed by atoms with E-state index in [0.717, 1.165) is 12.0 Å². The van der Waals surface area contributed by atoms with Gasteiger partial charge in [-0.15, -0.1) is 0 Å². The van der Waals surface area contributed by atoms with Crippen molar-refractivity contribution in [2.75, 3.05) is 6.61 Å². The number of nitrogens with zero attached hydrogens (tertiary/aromatic N) is 3. The predicted octanol–water partition coefficient (Wildman–Crippen LogP) is 2.20. The Morgan fingerprint density at radius 2 is 1.95 bits per heavy atom. The van der Waals surface area contributed by atoms with Gasteiger partial charge in [0.1, 0.15) is 5.75 Å². The number of rotatable bonds is 5. The summed E-state index contributed by atoms with van der Waals surface area (Å²) in [6, 6.07) is 1.66. The van der Waals surface area contributed by atoms with E-state index in [1.807, 2.05) is 13.8 Å². The highest BCUT2D eigenvalue weighted by atomic mass is 16.5. The van der Waals surface area contributed by atoms with Crippen molar-refractivity contribution in [1.29, 1.82) is 0 Å². The van der Waals surface area contributed by atoms with Crippen molar-refractivity contribution in [2.24, 2.45) is 0 Å². The average molecular weight is 257 g/mol. The van der Waals surface area contributed by atoms with Gasteiger partial charge in [-0.3, -0.25) is 9.78 Å². The zero-order valence-electron chi connectivity index (χ0n) is 11.0. The highest BCUT2D eigenvalue weighted by Crippen LogP contribution is 2.13. The van der Waals surface area contributed by atoms with Gasteiger partial charge in [-0.25, -0.2) is 9.97 Å². The molecule has 0 unspecified atom stereocenters. The summed E-state index contributed by atoms with van der Waals surface area (Å²) >= 11 is 0. The predicted molar refractivity (Wildman–Crippen MR) is 70.2 cm³/mol. The Kier molecular flexibility index (Phi) is 4.18. The number of carbonyl (C=O) groups is 1. The van der Waals surface area contributed by atoms with Crippen LogP contribution in [-0.2, 0) is 0 Å². The van der Waals surface area contributed by atoms with E-state index in [1.54, 1.807) is 24.7 Å².